The molecule has 0 bridgehead atoms. The normalized spacial score (nSPS) is 27.9. The van der Waals surface area contributed by atoms with E-state index in [1.165, 1.54) is 6.92 Å². The molecule has 5 nitrogen and oxygen atoms in total. The minimum absolute atomic E-state index is 0.222. The number of esters is 1. The van der Waals surface area contributed by atoms with Crippen molar-refractivity contribution >= 4 is 29.4 Å². The largest absolute Gasteiger partial charge is 0.464 e. The lowest BCUT2D eigenvalue weighted by molar-refractivity contribution is -0.157. The van der Waals surface area contributed by atoms with Crippen LogP contribution in [0.25, 0.3) is 0 Å². The van der Waals surface area contributed by atoms with Crippen LogP contribution in [-0.4, -0.2) is 35.3 Å². The Kier molecular flexibility index (Phi) is 3.94. The van der Waals surface area contributed by atoms with Crippen LogP contribution >= 0.6 is 11.6 Å². The van der Waals surface area contributed by atoms with Gasteiger partial charge in [0.25, 0.3) is 0 Å². The van der Waals surface area contributed by atoms with Gasteiger partial charge in [0.1, 0.15) is 6.04 Å². The molecular weight excluding hydrogens is 270 g/mol. The monoisotopic (exact) mass is 285 g/mol. The summed E-state index contributed by atoms with van der Waals surface area (Å²) in [5.41, 5.74) is 0. The average Bonchev–Trinajstić information content (AvgIpc) is 2.61. The zero-order valence-electron chi connectivity index (χ0n) is 10.9. The zero-order valence-corrected chi connectivity index (χ0v) is 11.6. The van der Waals surface area contributed by atoms with Gasteiger partial charge >= 0.3 is 5.97 Å². The van der Waals surface area contributed by atoms with Gasteiger partial charge in [-0.25, -0.2) is 4.79 Å². The van der Waals surface area contributed by atoms with Crippen molar-refractivity contribution in [2.24, 2.45) is 11.8 Å². The zero-order chi connectivity index (χ0) is 14.2. The number of imide groups is 1. The number of rotatable bonds is 3. The molecule has 1 saturated heterocycles. The summed E-state index contributed by atoms with van der Waals surface area (Å²) in [5, 5.41) is 0.605. The molecular formula is C13H16ClNO4. The second-order valence-electron chi connectivity index (χ2n) is 4.78. The fraction of sp³-hybridized carbons (Fsp3) is 0.615. The molecule has 6 heteroatoms. The molecule has 0 spiro atoms. The molecule has 2 amide bonds. The molecule has 1 aliphatic carbocycles. The first-order valence-corrected chi connectivity index (χ1v) is 6.73. The lowest BCUT2D eigenvalue weighted by Gasteiger charge is -2.21. The second kappa shape index (κ2) is 5.33. The summed E-state index contributed by atoms with van der Waals surface area (Å²) >= 11 is 5.92. The van der Waals surface area contributed by atoms with E-state index in [0.717, 1.165) is 4.90 Å². The van der Waals surface area contributed by atoms with E-state index >= 15 is 0 Å². The molecule has 2 aliphatic rings. The van der Waals surface area contributed by atoms with Gasteiger partial charge in [-0.1, -0.05) is 17.7 Å². The van der Waals surface area contributed by atoms with Crippen LogP contribution in [0.3, 0.4) is 0 Å². The van der Waals surface area contributed by atoms with E-state index < -0.39 is 17.9 Å². The van der Waals surface area contributed by atoms with Gasteiger partial charge in [0, 0.05) is 5.03 Å². The van der Waals surface area contributed by atoms with Gasteiger partial charge in [0.2, 0.25) is 11.8 Å². The molecule has 0 aromatic heterocycles. The van der Waals surface area contributed by atoms with E-state index in [4.69, 9.17) is 16.3 Å². The van der Waals surface area contributed by atoms with E-state index in [0.29, 0.717) is 17.9 Å². The summed E-state index contributed by atoms with van der Waals surface area (Å²) < 4.78 is 4.86. The van der Waals surface area contributed by atoms with E-state index in [9.17, 15) is 14.4 Å². The third kappa shape index (κ3) is 2.39. The number of hydrogen-bond acceptors (Lipinski definition) is 4. The summed E-state index contributed by atoms with van der Waals surface area (Å²) in [6, 6.07) is -0.871. The van der Waals surface area contributed by atoms with Crippen LogP contribution in [0.4, 0.5) is 0 Å². The van der Waals surface area contributed by atoms with Crippen LogP contribution in [0.2, 0.25) is 0 Å². The van der Waals surface area contributed by atoms with E-state index in [2.05, 4.69) is 0 Å². The van der Waals surface area contributed by atoms with Gasteiger partial charge in [0.05, 0.1) is 18.4 Å². The highest BCUT2D eigenvalue weighted by Gasteiger charge is 2.51. The van der Waals surface area contributed by atoms with Crippen molar-refractivity contribution < 1.29 is 19.1 Å². The Morgan fingerprint density at radius 3 is 2.74 bits per heavy atom. The molecule has 0 unspecified atom stereocenters. The van der Waals surface area contributed by atoms with Crippen LogP contribution in [0.5, 0.6) is 0 Å². The molecule has 0 aromatic rings. The summed E-state index contributed by atoms with van der Waals surface area (Å²) in [7, 11) is 0. The van der Waals surface area contributed by atoms with Gasteiger partial charge in [-0.3, -0.25) is 14.5 Å². The Morgan fingerprint density at radius 1 is 1.47 bits per heavy atom. The Balaban J connectivity index is 2.19. The maximum Gasteiger partial charge on any atom is 0.329 e. The number of fused-ring (bicyclic) bond motifs is 1. The number of carbonyl (C=O) groups is 3. The third-order valence-electron chi connectivity index (χ3n) is 3.62. The Bertz CT molecular complexity index is 460. The van der Waals surface area contributed by atoms with Crippen LogP contribution in [0, 0.1) is 11.8 Å². The van der Waals surface area contributed by atoms with Gasteiger partial charge in [-0.2, -0.15) is 0 Å². The maximum atomic E-state index is 12.3. The number of ether oxygens (including phenoxy) is 1. The van der Waals surface area contributed by atoms with Crippen LogP contribution < -0.4 is 0 Å². The first kappa shape index (κ1) is 14.1. The number of allylic oxidation sites excluding steroid dienone is 2. The SMILES string of the molecule is CCOC(=O)[C@@H](C)N1C(=O)[C@H]2CC(Cl)=CC[C@H]2C1=O. The van der Waals surface area contributed by atoms with Crippen LogP contribution in [0.1, 0.15) is 26.7 Å². The second-order valence-corrected chi connectivity index (χ2v) is 5.26. The fourth-order valence-corrected chi connectivity index (χ4v) is 2.86. The van der Waals surface area contributed by atoms with E-state index in [-0.39, 0.29) is 24.3 Å². The lowest BCUT2D eigenvalue weighted by Crippen LogP contribution is -2.44. The van der Waals surface area contributed by atoms with Crippen molar-refractivity contribution in [2.45, 2.75) is 32.7 Å². The fourth-order valence-electron chi connectivity index (χ4n) is 2.60. The predicted octanol–water partition coefficient (Wildman–Crippen LogP) is 1.46. The molecule has 1 aliphatic heterocycles. The molecule has 3 atom stereocenters. The van der Waals surface area contributed by atoms with E-state index in [1.807, 2.05) is 0 Å². The molecule has 1 heterocycles. The summed E-state index contributed by atoms with van der Waals surface area (Å²) in [5.74, 6) is -1.98. The number of amides is 2. The first-order valence-electron chi connectivity index (χ1n) is 6.35. The Hall–Kier alpha value is -1.36. The van der Waals surface area contributed by atoms with Gasteiger partial charge in [-0.15, -0.1) is 0 Å². The van der Waals surface area contributed by atoms with Crippen molar-refractivity contribution in [3.05, 3.63) is 11.1 Å². The van der Waals surface area contributed by atoms with Crippen LogP contribution in [-0.2, 0) is 19.1 Å². The van der Waals surface area contributed by atoms with Crippen molar-refractivity contribution in [2.75, 3.05) is 6.61 Å². The average molecular weight is 286 g/mol. The van der Waals surface area contributed by atoms with Crippen molar-refractivity contribution in [1.29, 1.82) is 0 Å². The highest BCUT2D eigenvalue weighted by molar-refractivity contribution is 6.30. The first-order chi connectivity index (χ1) is 8.97. The minimum Gasteiger partial charge on any atom is -0.464 e. The van der Waals surface area contributed by atoms with Crippen molar-refractivity contribution in [1.82, 2.24) is 4.90 Å². The third-order valence-corrected chi connectivity index (χ3v) is 3.93. The molecule has 1 fully saturated rings. The van der Waals surface area contributed by atoms with Gasteiger partial charge in [0.15, 0.2) is 0 Å². The number of likely N-dealkylation sites (tertiary alicyclic amines) is 1. The lowest BCUT2D eigenvalue weighted by atomic mass is 9.85. The molecule has 0 radical (unpaired) electrons. The van der Waals surface area contributed by atoms with E-state index in [1.54, 1.807) is 13.0 Å². The Labute approximate surface area is 116 Å². The predicted molar refractivity (Wildman–Crippen MR) is 68.1 cm³/mol. The number of nitrogens with zero attached hydrogens (tertiary/aromatic N) is 1. The summed E-state index contributed by atoms with van der Waals surface area (Å²) in [6.07, 6.45) is 2.61. The molecule has 0 N–H and O–H groups in total. The number of hydrogen-bond donors (Lipinski definition) is 0. The quantitative estimate of drug-likeness (QED) is 0.582. The maximum absolute atomic E-state index is 12.3. The molecule has 0 saturated carbocycles. The molecule has 2 rings (SSSR count). The highest BCUT2D eigenvalue weighted by atomic mass is 35.5. The summed E-state index contributed by atoms with van der Waals surface area (Å²) in [4.78, 5) is 37.2. The smallest absolute Gasteiger partial charge is 0.329 e. The van der Waals surface area contributed by atoms with Crippen molar-refractivity contribution in [3.8, 4) is 0 Å². The topological polar surface area (TPSA) is 63.7 Å². The number of carbonyl (C=O) groups excluding carboxylic acids is 3. The Morgan fingerprint density at radius 2 is 2.11 bits per heavy atom. The number of halogens is 1. The van der Waals surface area contributed by atoms with Gasteiger partial charge < -0.3 is 4.74 Å². The minimum atomic E-state index is -0.871. The standard InChI is InChI=1S/C13H16ClNO4/c1-3-19-13(18)7(2)15-11(16)9-5-4-8(14)6-10(9)12(15)17/h4,7,9-10H,3,5-6H2,1-2H3/t7-,9-,10+/m1/s1. The summed E-state index contributed by atoms with van der Waals surface area (Å²) in [6.45, 7) is 3.42. The highest BCUT2D eigenvalue weighted by Crippen LogP contribution is 2.39. The van der Waals surface area contributed by atoms with Gasteiger partial charge in [-0.05, 0) is 26.7 Å². The van der Waals surface area contributed by atoms with Crippen molar-refractivity contribution in [3.63, 3.8) is 0 Å². The molecule has 104 valence electrons. The molecule has 19 heavy (non-hydrogen) atoms. The van der Waals surface area contributed by atoms with Crippen LogP contribution in [0.15, 0.2) is 11.1 Å². The molecule has 0 aromatic carbocycles.